The molecule has 18 heavy (non-hydrogen) atoms. The Morgan fingerprint density at radius 3 is 2.61 bits per heavy atom. The minimum absolute atomic E-state index is 0.470. The first kappa shape index (κ1) is 12.6. The maximum Gasteiger partial charge on any atom is 0.147 e. The van der Waals surface area contributed by atoms with Gasteiger partial charge in [-0.25, -0.2) is 4.98 Å². The van der Waals surface area contributed by atoms with E-state index in [-0.39, 0.29) is 0 Å². The zero-order chi connectivity index (χ0) is 12.5. The summed E-state index contributed by atoms with van der Waals surface area (Å²) in [6.45, 7) is 2.23. The normalized spacial score (nSPS) is 27.3. The van der Waals surface area contributed by atoms with Gasteiger partial charge in [0.25, 0.3) is 0 Å². The minimum Gasteiger partial charge on any atom is -0.355 e. The van der Waals surface area contributed by atoms with E-state index in [1.807, 2.05) is 12.3 Å². The highest BCUT2D eigenvalue weighted by Gasteiger charge is 2.31. The van der Waals surface area contributed by atoms with Gasteiger partial charge in [0.15, 0.2) is 0 Å². The molecule has 1 aliphatic carbocycles. The van der Waals surface area contributed by atoms with Gasteiger partial charge in [0.2, 0.25) is 0 Å². The maximum absolute atomic E-state index is 6.34. The van der Waals surface area contributed by atoms with Crippen LogP contribution in [0.1, 0.15) is 31.2 Å². The van der Waals surface area contributed by atoms with Crippen molar-refractivity contribution >= 4 is 29.0 Å². The van der Waals surface area contributed by atoms with Gasteiger partial charge in [0.1, 0.15) is 5.82 Å². The standard InChI is InChI=1S/C14H18Cl2N2/c15-6-12-5-13(16)14(17-7-12)18-8-10-2-1-3-11(4-10)9-18/h5,7,10-11H,1-4,6,8-9H2. The fourth-order valence-corrected chi connectivity index (χ4v) is 3.84. The van der Waals surface area contributed by atoms with Crippen molar-refractivity contribution in [3.63, 3.8) is 0 Å². The molecular weight excluding hydrogens is 267 g/mol. The summed E-state index contributed by atoms with van der Waals surface area (Å²) in [7, 11) is 0. The molecule has 0 aromatic carbocycles. The third-order valence-corrected chi connectivity index (χ3v) is 4.77. The van der Waals surface area contributed by atoms with Crippen LogP contribution >= 0.6 is 23.2 Å². The zero-order valence-electron chi connectivity index (χ0n) is 10.4. The van der Waals surface area contributed by atoms with Gasteiger partial charge in [0.05, 0.1) is 5.02 Å². The Bertz CT molecular complexity index is 424. The predicted molar refractivity (Wildman–Crippen MR) is 76.5 cm³/mol. The van der Waals surface area contributed by atoms with Crippen molar-refractivity contribution in [2.24, 2.45) is 11.8 Å². The van der Waals surface area contributed by atoms with Gasteiger partial charge in [-0.2, -0.15) is 0 Å². The molecule has 4 heteroatoms. The van der Waals surface area contributed by atoms with Crippen molar-refractivity contribution in [2.45, 2.75) is 31.6 Å². The molecule has 1 aromatic heterocycles. The molecule has 0 amide bonds. The number of aromatic nitrogens is 1. The summed E-state index contributed by atoms with van der Waals surface area (Å²) in [6.07, 6.45) is 7.37. The Labute approximate surface area is 118 Å². The lowest BCUT2D eigenvalue weighted by Crippen LogP contribution is -2.43. The molecule has 98 valence electrons. The number of nitrogens with zero attached hydrogens (tertiary/aromatic N) is 2. The molecule has 1 aromatic rings. The Kier molecular flexibility index (Phi) is 3.67. The molecule has 1 saturated carbocycles. The Morgan fingerprint density at radius 1 is 1.28 bits per heavy atom. The van der Waals surface area contributed by atoms with Crippen molar-refractivity contribution in [3.8, 4) is 0 Å². The second kappa shape index (κ2) is 5.26. The lowest BCUT2D eigenvalue weighted by molar-refractivity contribution is 0.230. The lowest BCUT2D eigenvalue weighted by atomic mass is 9.78. The smallest absolute Gasteiger partial charge is 0.147 e. The summed E-state index contributed by atoms with van der Waals surface area (Å²) in [5.41, 5.74) is 0.989. The monoisotopic (exact) mass is 284 g/mol. The molecule has 2 heterocycles. The molecule has 0 radical (unpaired) electrons. The number of fused-ring (bicyclic) bond motifs is 2. The number of halogens is 2. The van der Waals surface area contributed by atoms with Crippen LogP contribution in [0.3, 0.4) is 0 Å². The van der Waals surface area contributed by atoms with Crippen LogP contribution in [0.5, 0.6) is 0 Å². The van der Waals surface area contributed by atoms with Crippen molar-refractivity contribution in [2.75, 3.05) is 18.0 Å². The molecular formula is C14H18Cl2N2. The van der Waals surface area contributed by atoms with Crippen LogP contribution in [0.4, 0.5) is 5.82 Å². The van der Waals surface area contributed by atoms with E-state index in [4.69, 9.17) is 23.2 Å². The summed E-state index contributed by atoms with van der Waals surface area (Å²) in [6, 6.07) is 1.95. The third-order valence-electron chi connectivity index (χ3n) is 4.18. The summed E-state index contributed by atoms with van der Waals surface area (Å²) in [5.74, 6) is 3.09. The van der Waals surface area contributed by atoms with Crippen molar-refractivity contribution in [1.29, 1.82) is 0 Å². The molecule has 2 fully saturated rings. The summed E-state index contributed by atoms with van der Waals surface area (Å²) in [5, 5.41) is 0.744. The minimum atomic E-state index is 0.470. The van der Waals surface area contributed by atoms with Crippen LogP contribution in [-0.4, -0.2) is 18.1 Å². The van der Waals surface area contributed by atoms with E-state index in [0.29, 0.717) is 5.88 Å². The molecule has 2 aliphatic rings. The number of pyridine rings is 1. The molecule has 0 N–H and O–H groups in total. The Hall–Kier alpha value is -0.470. The van der Waals surface area contributed by atoms with Crippen molar-refractivity contribution in [1.82, 2.24) is 4.98 Å². The largest absolute Gasteiger partial charge is 0.355 e. The second-order valence-electron chi connectivity index (χ2n) is 5.59. The molecule has 3 rings (SSSR count). The summed E-state index contributed by atoms with van der Waals surface area (Å²) < 4.78 is 0. The topological polar surface area (TPSA) is 16.1 Å². The van der Waals surface area contributed by atoms with Crippen LogP contribution in [0.2, 0.25) is 5.02 Å². The molecule has 2 bridgehead atoms. The number of hydrogen-bond donors (Lipinski definition) is 0. The highest BCUT2D eigenvalue weighted by molar-refractivity contribution is 6.33. The summed E-state index contributed by atoms with van der Waals surface area (Å²) in [4.78, 5) is 6.88. The van der Waals surface area contributed by atoms with Crippen LogP contribution in [0, 0.1) is 11.8 Å². The van der Waals surface area contributed by atoms with Gasteiger partial charge in [-0.1, -0.05) is 18.0 Å². The number of piperidine rings is 1. The number of rotatable bonds is 2. The molecule has 2 atom stereocenters. The van der Waals surface area contributed by atoms with E-state index in [0.717, 1.165) is 41.3 Å². The van der Waals surface area contributed by atoms with E-state index < -0.39 is 0 Å². The van der Waals surface area contributed by atoms with E-state index in [9.17, 15) is 0 Å². The fourth-order valence-electron chi connectivity index (χ4n) is 3.38. The molecule has 1 saturated heterocycles. The van der Waals surface area contributed by atoms with Gasteiger partial charge in [-0.05, 0) is 42.7 Å². The molecule has 2 unspecified atom stereocenters. The van der Waals surface area contributed by atoms with Crippen molar-refractivity contribution in [3.05, 3.63) is 22.8 Å². The first-order valence-electron chi connectivity index (χ1n) is 6.71. The van der Waals surface area contributed by atoms with Crippen LogP contribution < -0.4 is 4.90 Å². The van der Waals surface area contributed by atoms with E-state index >= 15 is 0 Å². The SMILES string of the molecule is ClCc1cnc(N2CC3CCCC(C3)C2)c(Cl)c1. The van der Waals surface area contributed by atoms with Gasteiger partial charge in [-0.3, -0.25) is 0 Å². The second-order valence-corrected chi connectivity index (χ2v) is 6.26. The van der Waals surface area contributed by atoms with Crippen LogP contribution in [0.15, 0.2) is 12.3 Å². The summed E-state index contributed by atoms with van der Waals surface area (Å²) >= 11 is 12.1. The van der Waals surface area contributed by atoms with E-state index in [1.165, 1.54) is 25.7 Å². The quantitative estimate of drug-likeness (QED) is 0.760. The maximum atomic E-state index is 6.34. The average molecular weight is 285 g/mol. The van der Waals surface area contributed by atoms with Gasteiger partial charge < -0.3 is 4.90 Å². The highest BCUT2D eigenvalue weighted by Crippen LogP contribution is 2.37. The number of alkyl halides is 1. The predicted octanol–water partition coefficient (Wildman–Crippen LogP) is 4.10. The third kappa shape index (κ3) is 2.46. The number of hydrogen-bond acceptors (Lipinski definition) is 2. The first-order valence-corrected chi connectivity index (χ1v) is 7.63. The molecule has 0 spiro atoms. The zero-order valence-corrected chi connectivity index (χ0v) is 11.9. The highest BCUT2D eigenvalue weighted by atomic mass is 35.5. The van der Waals surface area contributed by atoms with Crippen molar-refractivity contribution < 1.29 is 0 Å². The first-order chi connectivity index (χ1) is 8.76. The van der Waals surface area contributed by atoms with Crippen LogP contribution in [-0.2, 0) is 5.88 Å². The average Bonchev–Trinajstić information content (AvgIpc) is 2.38. The fraction of sp³-hybridized carbons (Fsp3) is 0.643. The van der Waals surface area contributed by atoms with E-state index in [2.05, 4.69) is 9.88 Å². The van der Waals surface area contributed by atoms with Gasteiger partial charge >= 0.3 is 0 Å². The number of anilines is 1. The molecule has 1 aliphatic heterocycles. The van der Waals surface area contributed by atoms with Crippen LogP contribution in [0.25, 0.3) is 0 Å². The molecule has 2 nitrogen and oxygen atoms in total. The van der Waals surface area contributed by atoms with E-state index in [1.54, 1.807) is 0 Å². The Balaban J connectivity index is 1.82. The Morgan fingerprint density at radius 2 is 2.00 bits per heavy atom. The van der Waals surface area contributed by atoms with Gasteiger partial charge in [0, 0.05) is 25.2 Å². The lowest BCUT2D eigenvalue weighted by Gasteiger charge is -2.42. The van der Waals surface area contributed by atoms with Gasteiger partial charge in [-0.15, -0.1) is 11.6 Å².